The lowest BCUT2D eigenvalue weighted by molar-refractivity contribution is 0.0962. The van der Waals surface area contributed by atoms with E-state index in [4.69, 9.17) is 10.5 Å². The smallest absolute Gasteiger partial charge is 0.220 e. The zero-order valence-corrected chi connectivity index (χ0v) is 15.4. The number of carbonyl (C=O) groups is 1. The Labute approximate surface area is 158 Å². The van der Waals surface area contributed by atoms with E-state index >= 15 is 0 Å². The Morgan fingerprint density at radius 3 is 2.70 bits per heavy atom. The van der Waals surface area contributed by atoms with Gasteiger partial charge in [0.1, 0.15) is 5.75 Å². The predicted molar refractivity (Wildman–Crippen MR) is 105 cm³/mol. The summed E-state index contributed by atoms with van der Waals surface area (Å²) in [6, 6.07) is 16.2. The number of carbonyl (C=O) groups excluding carboxylic acids is 1. The lowest BCUT2D eigenvalue weighted by atomic mass is 9.78. The number of ether oxygens (including phenoxy) is 1. The molecule has 0 radical (unpaired) electrons. The summed E-state index contributed by atoms with van der Waals surface area (Å²) in [6.45, 7) is 1.82. The van der Waals surface area contributed by atoms with Crippen LogP contribution in [0.3, 0.4) is 0 Å². The number of rotatable bonds is 3. The van der Waals surface area contributed by atoms with Crippen LogP contribution in [0, 0.1) is 6.92 Å². The van der Waals surface area contributed by atoms with Gasteiger partial charge in [-0.1, -0.05) is 36.4 Å². The minimum Gasteiger partial charge on any atom is -0.497 e. The molecule has 136 valence electrons. The van der Waals surface area contributed by atoms with Crippen LogP contribution in [0.4, 0.5) is 5.95 Å². The number of benzene rings is 2. The molecule has 1 aliphatic carbocycles. The lowest BCUT2D eigenvalue weighted by Gasteiger charge is -2.26. The number of hydrogen-bond donors (Lipinski definition) is 1. The van der Waals surface area contributed by atoms with Crippen molar-refractivity contribution in [3.63, 3.8) is 0 Å². The van der Waals surface area contributed by atoms with Crippen LogP contribution in [0.5, 0.6) is 5.75 Å². The largest absolute Gasteiger partial charge is 0.497 e. The van der Waals surface area contributed by atoms with Crippen LogP contribution >= 0.6 is 0 Å². The number of fused-ring (bicyclic) bond motifs is 1. The number of hydrogen-bond acceptors (Lipinski definition) is 5. The van der Waals surface area contributed by atoms with E-state index in [9.17, 15) is 4.79 Å². The number of anilines is 1. The average Bonchev–Trinajstić information content (AvgIpc) is 2.67. The first-order valence-electron chi connectivity index (χ1n) is 8.96. The minimum absolute atomic E-state index is 0.0566. The number of aromatic nitrogens is 2. The third kappa shape index (κ3) is 3.16. The molecular formula is C22H21N3O2. The van der Waals surface area contributed by atoms with Gasteiger partial charge in [0.25, 0.3) is 0 Å². The standard InChI is InChI=1S/C22H21N3O2/c1-13-21-19(25-22(23)24-13)11-15(12-20(21)26)18-9-4-3-8-17(18)14-6-5-7-16(10-14)27-2/h3-10,15H,11-12H2,1-2H3,(H2,23,24,25). The molecule has 0 bridgehead atoms. The number of nitrogen functional groups attached to an aromatic ring is 1. The molecule has 0 saturated carbocycles. The van der Waals surface area contributed by atoms with Crippen LogP contribution in [-0.4, -0.2) is 22.9 Å². The van der Waals surface area contributed by atoms with Crippen molar-refractivity contribution in [3.05, 3.63) is 71.0 Å². The Hall–Kier alpha value is -3.21. The van der Waals surface area contributed by atoms with Crippen LogP contribution in [0.25, 0.3) is 11.1 Å². The first kappa shape index (κ1) is 17.2. The predicted octanol–water partition coefficient (Wildman–Crippen LogP) is 3.96. The molecule has 1 aliphatic rings. The highest BCUT2D eigenvalue weighted by atomic mass is 16.5. The fraction of sp³-hybridized carbons (Fsp3) is 0.227. The van der Waals surface area contributed by atoms with Crippen molar-refractivity contribution in [3.8, 4) is 16.9 Å². The first-order chi connectivity index (χ1) is 13.1. The second-order valence-corrected chi connectivity index (χ2v) is 6.84. The Bertz CT molecular complexity index is 1030. The minimum atomic E-state index is 0.0566. The number of Topliss-reactive ketones (excluding diaryl/α,β-unsaturated/α-hetero) is 1. The summed E-state index contributed by atoms with van der Waals surface area (Å²) in [5.41, 5.74) is 11.2. The summed E-state index contributed by atoms with van der Waals surface area (Å²) in [5.74, 6) is 1.17. The molecule has 0 aliphatic heterocycles. The molecule has 5 nitrogen and oxygen atoms in total. The van der Waals surface area contributed by atoms with Crippen molar-refractivity contribution in [2.45, 2.75) is 25.7 Å². The molecule has 2 N–H and O–H groups in total. The Balaban J connectivity index is 1.78. The van der Waals surface area contributed by atoms with Gasteiger partial charge in [-0.2, -0.15) is 0 Å². The average molecular weight is 359 g/mol. The van der Waals surface area contributed by atoms with Crippen molar-refractivity contribution >= 4 is 11.7 Å². The van der Waals surface area contributed by atoms with E-state index in [2.05, 4.69) is 28.2 Å². The van der Waals surface area contributed by atoms with Gasteiger partial charge in [-0.15, -0.1) is 0 Å². The molecule has 3 aromatic rings. The molecule has 5 heteroatoms. The fourth-order valence-corrected chi connectivity index (χ4v) is 3.92. The van der Waals surface area contributed by atoms with Gasteiger partial charge in [-0.3, -0.25) is 4.79 Å². The number of ketones is 1. The van der Waals surface area contributed by atoms with Crippen LogP contribution in [0.2, 0.25) is 0 Å². The molecule has 27 heavy (non-hydrogen) atoms. The van der Waals surface area contributed by atoms with E-state index in [1.54, 1.807) is 7.11 Å². The maximum Gasteiger partial charge on any atom is 0.220 e. The maximum atomic E-state index is 12.8. The molecule has 0 spiro atoms. The molecule has 4 rings (SSSR count). The molecule has 0 amide bonds. The summed E-state index contributed by atoms with van der Waals surface area (Å²) in [5, 5.41) is 0. The quantitative estimate of drug-likeness (QED) is 0.766. The van der Waals surface area contributed by atoms with E-state index in [1.807, 2.05) is 37.3 Å². The van der Waals surface area contributed by atoms with E-state index in [0.717, 1.165) is 28.1 Å². The monoisotopic (exact) mass is 359 g/mol. The topological polar surface area (TPSA) is 78.1 Å². The summed E-state index contributed by atoms with van der Waals surface area (Å²) in [6.07, 6.45) is 1.12. The molecular weight excluding hydrogens is 338 g/mol. The summed E-state index contributed by atoms with van der Waals surface area (Å²) >= 11 is 0. The molecule has 1 unspecified atom stereocenters. The van der Waals surface area contributed by atoms with Crippen molar-refractivity contribution in [2.75, 3.05) is 12.8 Å². The highest BCUT2D eigenvalue weighted by Crippen LogP contribution is 2.38. The SMILES string of the molecule is COc1cccc(-c2ccccc2C2CC(=O)c3c(C)nc(N)nc3C2)c1. The lowest BCUT2D eigenvalue weighted by Crippen LogP contribution is -2.23. The van der Waals surface area contributed by atoms with Crippen LogP contribution < -0.4 is 10.5 Å². The number of nitrogens with two attached hydrogens (primary N) is 1. The summed E-state index contributed by atoms with van der Waals surface area (Å²) in [7, 11) is 1.66. The normalized spacial score (nSPS) is 16.1. The van der Waals surface area contributed by atoms with Gasteiger partial charge >= 0.3 is 0 Å². The van der Waals surface area contributed by atoms with E-state index in [1.165, 1.54) is 0 Å². The molecule has 0 fully saturated rings. The van der Waals surface area contributed by atoms with E-state index in [0.29, 0.717) is 24.1 Å². The molecule has 1 heterocycles. The Morgan fingerprint density at radius 2 is 1.89 bits per heavy atom. The number of nitrogens with zero attached hydrogens (tertiary/aromatic N) is 2. The summed E-state index contributed by atoms with van der Waals surface area (Å²) < 4.78 is 5.37. The highest BCUT2D eigenvalue weighted by molar-refractivity contribution is 6.00. The van der Waals surface area contributed by atoms with Crippen molar-refractivity contribution in [2.24, 2.45) is 0 Å². The number of methoxy groups -OCH3 is 1. The zero-order chi connectivity index (χ0) is 19.0. The van der Waals surface area contributed by atoms with Crippen LogP contribution in [0.1, 0.15) is 39.6 Å². The van der Waals surface area contributed by atoms with Crippen LogP contribution in [0.15, 0.2) is 48.5 Å². The van der Waals surface area contributed by atoms with Crippen molar-refractivity contribution < 1.29 is 9.53 Å². The van der Waals surface area contributed by atoms with Crippen LogP contribution in [-0.2, 0) is 6.42 Å². The van der Waals surface area contributed by atoms with Gasteiger partial charge in [0.15, 0.2) is 5.78 Å². The first-order valence-corrected chi connectivity index (χ1v) is 8.96. The summed E-state index contributed by atoms with van der Waals surface area (Å²) in [4.78, 5) is 21.3. The van der Waals surface area contributed by atoms with E-state index in [-0.39, 0.29) is 17.6 Å². The van der Waals surface area contributed by atoms with Gasteiger partial charge in [-0.05, 0) is 48.1 Å². The molecule has 2 aromatic carbocycles. The second kappa shape index (κ2) is 6.83. The van der Waals surface area contributed by atoms with E-state index < -0.39 is 0 Å². The number of aryl methyl sites for hydroxylation is 1. The third-order valence-electron chi connectivity index (χ3n) is 5.11. The van der Waals surface area contributed by atoms with Gasteiger partial charge in [0.2, 0.25) is 5.95 Å². The molecule has 1 aromatic heterocycles. The third-order valence-corrected chi connectivity index (χ3v) is 5.11. The Kier molecular flexibility index (Phi) is 4.36. The molecule has 0 saturated heterocycles. The van der Waals surface area contributed by atoms with Gasteiger partial charge in [0.05, 0.1) is 24.1 Å². The van der Waals surface area contributed by atoms with Gasteiger partial charge in [-0.25, -0.2) is 9.97 Å². The van der Waals surface area contributed by atoms with Gasteiger partial charge < -0.3 is 10.5 Å². The Morgan fingerprint density at radius 1 is 1.07 bits per heavy atom. The van der Waals surface area contributed by atoms with Crippen molar-refractivity contribution in [1.29, 1.82) is 0 Å². The molecule has 1 atom stereocenters. The fourth-order valence-electron chi connectivity index (χ4n) is 3.92. The van der Waals surface area contributed by atoms with Crippen molar-refractivity contribution in [1.82, 2.24) is 9.97 Å². The second-order valence-electron chi connectivity index (χ2n) is 6.84. The zero-order valence-electron chi connectivity index (χ0n) is 15.4. The van der Waals surface area contributed by atoms with Gasteiger partial charge in [0, 0.05) is 6.42 Å². The highest BCUT2D eigenvalue weighted by Gasteiger charge is 2.30. The maximum absolute atomic E-state index is 12.8.